The van der Waals surface area contributed by atoms with Crippen molar-refractivity contribution in [2.24, 2.45) is 11.7 Å². The number of nitrogens with one attached hydrogen (secondary N) is 1. The smallest absolute Gasteiger partial charge is 0.290 e. The number of benzene rings is 1. The van der Waals surface area contributed by atoms with Gasteiger partial charge in [0.15, 0.2) is 4.90 Å². The molecule has 1 saturated carbocycles. The van der Waals surface area contributed by atoms with E-state index in [1.165, 1.54) is 6.07 Å². The molecule has 2 rings (SSSR count). The van der Waals surface area contributed by atoms with Crippen LogP contribution in [0, 0.1) is 16.0 Å². The number of nitrogens with zero attached hydrogens (tertiary/aromatic N) is 1. The van der Waals surface area contributed by atoms with E-state index in [-0.39, 0.29) is 17.5 Å². The molecule has 1 fully saturated rings. The highest BCUT2D eigenvalue weighted by Gasteiger charge is 2.32. The first-order chi connectivity index (χ1) is 10.3. The Bertz CT molecular complexity index is 659. The minimum atomic E-state index is -4.03. The van der Waals surface area contributed by atoms with E-state index in [9.17, 15) is 18.5 Å². The summed E-state index contributed by atoms with van der Waals surface area (Å²) in [6, 6.07) is 3.08. The summed E-state index contributed by atoms with van der Waals surface area (Å²) in [5, 5.41) is 11.2. The van der Waals surface area contributed by atoms with Crippen LogP contribution in [0.4, 0.5) is 5.69 Å². The van der Waals surface area contributed by atoms with Gasteiger partial charge < -0.3 is 5.73 Å². The second-order valence-electron chi connectivity index (χ2n) is 5.38. The lowest BCUT2D eigenvalue weighted by Crippen LogP contribution is -2.44. The summed E-state index contributed by atoms with van der Waals surface area (Å²) in [5.74, 6) is 0.172. The SMILES string of the molecule is NCC(NS(=O)(=O)c1ccc(Cl)cc1[N+](=O)[O-])C1CCCC1. The van der Waals surface area contributed by atoms with Gasteiger partial charge in [0.05, 0.1) is 4.92 Å². The zero-order chi connectivity index (χ0) is 16.3. The van der Waals surface area contributed by atoms with E-state index >= 15 is 0 Å². The largest absolute Gasteiger partial charge is 0.329 e. The standard InChI is InChI=1S/C13H18ClN3O4S/c14-10-5-6-13(12(7-10)17(18)19)22(20,21)16-11(8-15)9-3-1-2-4-9/h5-7,9,11,16H,1-4,8,15H2. The Labute approximate surface area is 134 Å². The molecule has 0 bridgehead atoms. The molecule has 0 aliphatic heterocycles. The number of nitro groups is 1. The van der Waals surface area contributed by atoms with Crippen LogP contribution in [-0.2, 0) is 10.0 Å². The van der Waals surface area contributed by atoms with Crippen LogP contribution in [0.3, 0.4) is 0 Å². The molecule has 0 aromatic heterocycles. The molecule has 7 nitrogen and oxygen atoms in total. The molecule has 0 amide bonds. The average Bonchev–Trinajstić information content (AvgIpc) is 2.98. The van der Waals surface area contributed by atoms with Crippen molar-refractivity contribution in [2.75, 3.05) is 6.54 Å². The van der Waals surface area contributed by atoms with E-state index in [0.717, 1.165) is 37.8 Å². The predicted octanol–water partition coefficient (Wildman–Crippen LogP) is 2.04. The molecule has 0 spiro atoms. The van der Waals surface area contributed by atoms with Crippen molar-refractivity contribution < 1.29 is 13.3 Å². The lowest BCUT2D eigenvalue weighted by atomic mass is 9.99. The van der Waals surface area contributed by atoms with Gasteiger partial charge in [0.25, 0.3) is 5.69 Å². The Morgan fingerprint density at radius 1 is 1.41 bits per heavy atom. The van der Waals surface area contributed by atoms with Crippen molar-refractivity contribution in [3.05, 3.63) is 33.3 Å². The third kappa shape index (κ3) is 3.75. The zero-order valence-corrected chi connectivity index (χ0v) is 13.4. The number of nitrogens with two attached hydrogens (primary N) is 1. The van der Waals surface area contributed by atoms with Gasteiger partial charge in [0.2, 0.25) is 10.0 Å². The molecular formula is C13H18ClN3O4S. The molecule has 1 aromatic carbocycles. The van der Waals surface area contributed by atoms with Gasteiger partial charge in [-0.1, -0.05) is 24.4 Å². The number of hydrogen-bond acceptors (Lipinski definition) is 5. The van der Waals surface area contributed by atoms with Gasteiger partial charge in [0, 0.05) is 23.7 Å². The van der Waals surface area contributed by atoms with Gasteiger partial charge in [-0.05, 0) is 30.9 Å². The van der Waals surface area contributed by atoms with Gasteiger partial charge in [-0.25, -0.2) is 13.1 Å². The second-order valence-corrected chi connectivity index (χ2v) is 7.50. The highest BCUT2D eigenvalue weighted by molar-refractivity contribution is 7.89. The first kappa shape index (κ1) is 17.1. The molecule has 1 atom stereocenters. The van der Waals surface area contributed by atoms with Crippen LogP contribution in [-0.4, -0.2) is 25.9 Å². The molecule has 122 valence electrons. The van der Waals surface area contributed by atoms with Crippen molar-refractivity contribution in [3.8, 4) is 0 Å². The molecule has 0 saturated heterocycles. The Morgan fingerprint density at radius 3 is 2.59 bits per heavy atom. The third-order valence-electron chi connectivity index (χ3n) is 3.94. The fourth-order valence-electron chi connectivity index (χ4n) is 2.82. The second kappa shape index (κ2) is 6.91. The molecule has 1 aliphatic carbocycles. The molecule has 9 heteroatoms. The lowest BCUT2D eigenvalue weighted by molar-refractivity contribution is -0.387. The van der Waals surface area contributed by atoms with Gasteiger partial charge in [-0.3, -0.25) is 10.1 Å². The van der Waals surface area contributed by atoms with Crippen molar-refractivity contribution >= 4 is 27.3 Å². The zero-order valence-electron chi connectivity index (χ0n) is 11.9. The van der Waals surface area contributed by atoms with Crippen LogP contribution in [0.2, 0.25) is 5.02 Å². The summed E-state index contributed by atoms with van der Waals surface area (Å²) >= 11 is 5.71. The van der Waals surface area contributed by atoms with E-state index < -0.39 is 31.6 Å². The summed E-state index contributed by atoms with van der Waals surface area (Å²) in [5.41, 5.74) is 5.14. The van der Waals surface area contributed by atoms with Gasteiger partial charge in [-0.15, -0.1) is 0 Å². The van der Waals surface area contributed by atoms with Crippen LogP contribution in [0.5, 0.6) is 0 Å². The Kier molecular flexibility index (Phi) is 5.38. The minimum absolute atomic E-state index is 0.108. The highest BCUT2D eigenvalue weighted by Crippen LogP contribution is 2.30. The van der Waals surface area contributed by atoms with Crippen LogP contribution < -0.4 is 10.5 Å². The maximum absolute atomic E-state index is 12.5. The van der Waals surface area contributed by atoms with E-state index in [2.05, 4.69) is 4.72 Å². The lowest BCUT2D eigenvalue weighted by Gasteiger charge is -2.22. The average molecular weight is 348 g/mol. The van der Waals surface area contributed by atoms with Crippen LogP contribution in [0.25, 0.3) is 0 Å². The first-order valence-electron chi connectivity index (χ1n) is 7.01. The van der Waals surface area contributed by atoms with Crippen molar-refractivity contribution in [1.82, 2.24) is 4.72 Å². The van der Waals surface area contributed by atoms with Gasteiger partial charge in [-0.2, -0.15) is 0 Å². The number of hydrogen-bond donors (Lipinski definition) is 2. The number of nitro benzene ring substituents is 1. The molecule has 0 heterocycles. The normalized spacial score (nSPS) is 17.5. The number of halogens is 1. The molecule has 3 N–H and O–H groups in total. The Balaban J connectivity index is 2.31. The van der Waals surface area contributed by atoms with E-state index in [0.29, 0.717) is 0 Å². The van der Waals surface area contributed by atoms with Gasteiger partial charge in [0.1, 0.15) is 0 Å². The fraction of sp³-hybridized carbons (Fsp3) is 0.538. The monoisotopic (exact) mass is 347 g/mol. The van der Waals surface area contributed by atoms with Crippen molar-refractivity contribution in [2.45, 2.75) is 36.6 Å². The third-order valence-corrected chi connectivity index (χ3v) is 5.71. The van der Waals surface area contributed by atoms with E-state index in [1.54, 1.807) is 0 Å². The highest BCUT2D eigenvalue weighted by atomic mass is 35.5. The van der Waals surface area contributed by atoms with Crippen LogP contribution in [0.1, 0.15) is 25.7 Å². The first-order valence-corrected chi connectivity index (χ1v) is 8.87. The summed E-state index contributed by atoms with van der Waals surface area (Å²) in [7, 11) is -4.03. The van der Waals surface area contributed by atoms with Crippen molar-refractivity contribution in [1.29, 1.82) is 0 Å². The number of rotatable bonds is 6. The fourth-order valence-corrected chi connectivity index (χ4v) is 4.46. The van der Waals surface area contributed by atoms with Crippen LogP contribution in [0.15, 0.2) is 23.1 Å². The minimum Gasteiger partial charge on any atom is -0.329 e. The summed E-state index contributed by atoms with van der Waals surface area (Å²) < 4.78 is 27.5. The van der Waals surface area contributed by atoms with Crippen LogP contribution >= 0.6 is 11.6 Å². The molecule has 1 aromatic rings. The Morgan fingerprint density at radius 2 is 2.05 bits per heavy atom. The topological polar surface area (TPSA) is 115 Å². The molecule has 1 unspecified atom stereocenters. The Hall–Kier alpha value is -1.22. The maximum atomic E-state index is 12.5. The predicted molar refractivity (Wildman–Crippen MR) is 83.2 cm³/mol. The molecule has 0 radical (unpaired) electrons. The van der Waals surface area contributed by atoms with E-state index in [1.807, 2.05) is 0 Å². The summed E-state index contributed by atoms with van der Waals surface area (Å²) in [6.45, 7) is 0.158. The van der Waals surface area contributed by atoms with Crippen molar-refractivity contribution in [3.63, 3.8) is 0 Å². The van der Waals surface area contributed by atoms with E-state index in [4.69, 9.17) is 17.3 Å². The summed E-state index contributed by atoms with van der Waals surface area (Å²) in [6.07, 6.45) is 3.91. The van der Waals surface area contributed by atoms with Gasteiger partial charge >= 0.3 is 0 Å². The maximum Gasteiger partial charge on any atom is 0.290 e. The molecular weight excluding hydrogens is 330 g/mol. The molecule has 22 heavy (non-hydrogen) atoms. The quantitative estimate of drug-likeness (QED) is 0.603. The summed E-state index contributed by atoms with van der Waals surface area (Å²) in [4.78, 5) is 9.92. The number of sulfonamides is 1. The molecule has 1 aliphatic rings.